The predicted octanol–water partition coefficient (Wildman–Crippen LogP) is 3.94. The first-order valence-electron chi connectivity index (χ1n) is 7.41. The molecule has 0 N–H and O–H groups in total. The lowest BCUT2D eigenvalue weighted by atomic mass is 9.78. The number of halogens is 1. The predicted molar refractivity (Wildman–Crippen MR) is 80.1 cm³/mol. The Labute approximate surface area is 124 Å². The van der Waals surface area contributed by atoms with Gasteiger partial charge < -0.3 is 0 Å². The summed E-state index contributed by atoms with van der Waals surface area (Å²) in [7, 11) is 0. The van der Waals surface area contributed by atoms with Crippen molar-refractivity contribution in [2.24, 2.45) is 5.92 Å². The Morgan fingerprint density at radius 2 is 2.00 bits per heavy atom. The van der Waals surface area contributed by atoms with Crippen LogP contribution in [0, 0.1) is 12.8 Å². The molecule has 20 heavy (non-hydrogen) atoms. The molecule has 1 fully saturated rings. The van der Waals surface area contributed by atoms with Crippen molar-refractivity contribution in [2.45, 2.75) is 58.3 Å². The highest BCUT2D eigenvalue weighted by molar-refractivity contribution is 6.29. The molecule has 1 aliphatic rings. The zero-order valence-corrected chi connectivity index (χ0v) is 13.1. The number of aromatic nitrogens is 4. The molecule has 0 aliphatic heterocycles. The lowest BCUT2D eigenvalue weighted by Crippen LogP contribution is -2.28. The fourth-order valence-electron chi connectivity index (χ4n) is 3.75. The van der Waals surface area contributed by atoms with E-state index < -0.39 is 0 Å². The molecule has 0 atom stereocenters. The zero-order chi connectivity index (χ0) is 14.3. The second kappa shape index (κ2) is 4.99. The Hall–Kier alpha value is -1.16. The minimum Gasteiger partial charge on any atom is -0.266 e. The topological polar surface area (TPSA) is 43.1 Å². The summed E-state index contributed by atoms with van der Waals surface area (Å²) < 4.78 is 2.10. The molecule has 1 aliphatic carbocycles. The van der Waals surface area contributed by atoms with Crippen LogP contribution < -0.4 is 0 Å². The largest absolute Gasteiger partial charge is 0.266 e. The Balaban J connectivity index is 2.17. The van der Waals surface area contributed by atoms with E-state index in [0.717, 1.165) is 23.7 Å². The van der Waals surface area contributed by atoms with Crippen molar-refractivity contribution >= 4 is 17.2 Å². The van der Waals surface area contributed by atoms with E-state index in [1.807, 2.05) is 6.92 Å². The molecule has 1 saturated carbocycles. The second-order valence-electron chi connectivity index (χ2n) is 6.43. The lowest BCUT2D eigenvalue weighted by molar-refractivity contribution is 0.325. The Bertz CT molecular complexity index is 626. The molecule has 2 aromatic heterocycles. The fourth-order valence-corrected chi connectivity index (χ4v) is 3.97. The summed E-state index contributed by atoms with van der Waals surface area (Å²) in [6.45, 7) is 6.54. The summed E-state index contributed by atoms with van der Waals surface area (Å²) in [5.41, 5.74) is 0.973. The van der Waals surface area contributed by atoms with E-state index in [1.165, 1.54) is 25.7 Å². The molecular weight excluding hydrogens is 272 g/mol. The van der Waals surface area contributed by atoms with Crippen LogP contribution in [0.1, 0.15) is 57.6 Å². The molecule has 3 rings (SSSR count). The van der Waals surface area contributed by atoms with Gasteiger partial charge in [-0.1, -0.05) is 38.3 Å². The van der Waals surface area contributed by atoms with Crippen molar-refractivity contribution in [1.82, 2.24) is 19.6 Å². The van der Waals surface area contributed by atoms with E-state index in [2.05, 4.69) is 33.4 Å². The van der Waals surface area contributed by atoms with Crippen molar-refractivity contribution < 1.29 is 0 Å². The highest BCUT2D eigenvalue weighted by atomic mass is 35.5. The van der Waals surface area contributed by atoms with E-state index in [9.17, 15) is 0 Å². The average Bonchev–Trinajstić information content (AvgIpc) is 2.95. The maximum Gasteiger partial charge on any atom is 0.165 e. The molecular formula is C15H21ClN4. The number of hydrogen-bond donors (Lipinski definition) is 0. The van der Waals surface area contributed by atoms with Gasteiger partial charge in [-0.15, -0.1) is 10.2 Å². The van der Waals surface area contributed by atoms with Crippen LogP contribution in [0.5, 0.6) is 0 Å². The zero-order valence-electron chi connectivity index (χ0n) is 12.4. The first-order valence-corrected chi connectivity index (χ1v) is 7.78. The number of rotatable bonds is 3. The van der Waals surface area contributed by atoms with Crippen molar-refractivity contribution in [3.63, 3.8) is 0 Å². The van der Waals surface area contributed by atoms with Gasteiger partial charge in [0.15, 0.2) is 5.65 Å². The number of fused-ring (bicyclic) bond motifs is 1. The minimum atomic E-state index is 0.161. The van der Waals surface area contributed by atoms with Crippen molar-refractivity contribution in [3.05, 3.63) is 22.9 Å². The lowest BCUT2D eigenvalue weighted by Gasteiger charge is -2.29. The monoisotopic (exact) mass is 292 g/mol. The summed E-state index contributed by atoms with van der Waals surface area (Å²) >= 11 is 6.02. The van der Waals surface area contributed by atoms with Gasteiger partial charge in [0.05, 0.1) is 0 Å². The third-order valence-electron chi connectivity index (χ3n) is 4.36. The summed E-state index contributed by atoms with van der Waals surface area (Å²) in [4.78, 5) is 4.36. The fraction of sp³-hybridized carbons (Fsp3) is 0.667. The van der Waals surface area contributed by atoms with Crippen LogP contribution in [-0.4, -0.2) is 19.6 Å². The van der Waals surface area contributed by atoms with Gasteiger partial charge in [-0.3, -0.25) is 4.40 Å². The molecule has 0 spiro atoms. The molecule has 0 bridgehead atoms. The Kier molecular flexibility index (Phi) is 3.44. The third kappa shape index (κ3) is 2.20. The van der Waals surface area contributed by atoms with Gasteiger partial charge in [-0.25, -0.2) is 4.98 Å². The SMILES string of the molecule is Cc1nc(Cl)cc2nnc(C3(CC(C)C)CCCC3)n12. The molecule has 0 aromatic carbocycles. The quantitative estimate of drug-likeness (QED) is 0.805. The smallest absolute Gasteiger partial charge is 0.165 e. The van der Waals surface area contributed by atoms with E-state index in [4.69, 9.17) is 11.6 Å². The van der Waals surface area contributed by atoms with E-state index >= 15 is 0 Å². The van der Waals surface area contributed by atoms with Gasteiger partial charge in [0.2, 0.25) is 0 Å². The van der Waals surface area contributed by atoms with Gasteiger partial charge in [0.25, 0.3) is 0 Å². The van der Waals surface area contributed by atoms with E-state index in [-0.39, 0.29) is 5.41 Å². The molecule has 4 nitrogen and oxygen atoms in total. The van der Waals surface area contributed by atoms with Crippen LogP contribution in [0.3, 0.4) is 0 Å². The average molecular weight is 293 g/mol. The van der Waals surface area contributed by atoms with E-state index in [0.29, 0.717) is 11.1 Å². The highest BCUT2D eigenvalue weighted by Crippen LogP contribution is 2.45. The maximum absolute atomic E-state index is 6.02. The van der Waals surface area contributed by atoms with Gasteiger partial charge in [-0.2, -0.15) is 0 Å². The van der Waals surface area contributed by atoms with Crippen LogP contribution in [0.2, 0.25) is 5.15 Å². The molecule has 2 heterocycles. The summed E-state index contributed by atoms with van der Waals surface area (Å²) in [5.74, 6) is 2.61. The minimum absolute atomic E-state index is 0.161. The van der Waals surface area contributed by atoms with Crippen molar-refractivity contribution in [2.75, 3.05) is 0 Å². The van der Waals surface area contributed by atoms with Crippen LogP contribution in [0.15, 0.2) is 6.07 Å². The van der Waals surface area contributed by atoms with Crippen LogP contribution >= 0.6 is 11.6 Å². The third-order valence-corrected chi connectivity index (χ3v) is 4.56. The molecule has 0 amide bonds. The first-order chi connectivity index (χ1) is 9.52. The van der Waals surface area contributed by atoms with Crippen LogP contribution in [-0.2, 0) is 5.41 Å². The van der Waals surface area contributed by atoms with Gasteiger partial charge in [0, 0.05) is 11.5 Å². The second-order valence-corrected chi connectivity index (χ2v) is 6.82. The molecule has 0 unspecified atom stereocenters. The van der Waals surface area contributed by atoms with Crippen LogP contribution in [0.4, 0.5) is 0 Å². The van der Waals surface area contributed by atoms with Crippen molar-refractivity contribution in [3.8, 4) is 0 Å². The molecule has 2 aromatic rings. The van der Waals surface area contributed by atoms with E-state index in [1.54, 1.807) is 6.07 Å². The van der Waals surface area contributed by atoms with Crippen LogP contribution in [0.25, 0.3) is 5.65 Å². The molecule has 0 saturated heterocycles. The molecule has 108 valence electrons. The van der Waals surface area contributed by atoms with Gasteiger partial charge in [0.1, 0.15) is 16.8 Å². The van der Waals surface area contributed by atoms with Gasteiger partial charge in [-0.05, 0) is 32.1 Å². The Morgan fingerprint density at radius 3 is 2.65 bits per heavy atom. The first kappa shape index (κ1) is 13.8. The summed E-state index contributed by atoms with van der Waals surface area (Å²) in [6, 6.07) is 1.79. The summed E-state index contributed by atoms with van der Waals surface area (Å²) in [5, 5.41) is 9.33. The molecule has 5 heteroatoms. The Morgan fingerprint density at radius 1 is 1.30 bits per heavy atom. The highest BCUT2D eigenvalue weighted by Gasteiger charge is 2.40. The number of hydrogen-bond acceptors (Lipinski definition) is 3. The molecule has 0 radical (unpaired) electrons. The normalized spacial score (nSPS) is 18.2. The maximum atomic E-state index is 6.02. The van der Waals surface area contributed by atoms with Gasteiger partial charge >= 0.3 is 0 Å². The summed E-state index contributed by atoms with van der Waals surface area (Å²) in [6.07, 6.45) is 6.13. The number of aryl methyl sites for hydroxylation is 1. The van der Waals surface area contributed by atoms with Crippen molar-refractivity contribution in [1.29, 1.82) is 0 Å². The standard InChI is InChI=1S/C15H21ClN4/c1-10(2)9-15(6-4-5-7-15)14-19-18-13-8-12(16)17-11(3)20(13)14/h8,10H,4-7,9H2,1-3H3. The number of nitrogens with zero attached hydrogens (tertiary/aromatic N) is 4.